The molecule has 0 unspecified atom stereocenters. The SMILES string of the molecule is c1ccc(COc2cccc(CN3CC(N4CCOCC4)C3)c2)nc1. The van der Waals surface area contributed by atoms with Crippen molar-refractivity contribution in [3.8, 4) is 5.75 Å². The molecule has 2 aliphatic rings. The van der Waals surface area contributed by atoms with Gasteiger partial charge in [0.05, 0.1) is 18.9 Å². The van der Waals surface area contributed by atoms with E-state index in [0.29, 0.717) is 12.6 Å². The Hall–Kier alpha value is -1.95. The second-order valence-electron chi connectivity index (χ2n) is 6.75. The molecule has 0 bridgehead atoms. The summed E-state index contributed by atoms with van der Waals surface area (Å²) < 4.78 is 11.3. The lowest BCUT2D eigenvalue weighted by Crippen LogP contribution is -2.60. The molecule has 1 aromatic carbocycles. The molecule has 4 rings (SSSR count). The highest BCUT2D eigenvalue weighted by Crippen LogP contribution is 2.21. The number of ether oxygens (including phenoxy) is 2. The molecule has 0 aliphatic carbocycles. The standard InChI is InChI=1S/C20H25N3O2/c1-2-7-21-18(5-1)16-25-20-6-3-4-17(12-20)13-22-14-19(15-22)23-8-10-24-11-9-23/h1-7,12,19H,8-11,13-16H2. The van der Waals surface area contributed by atoms with Crippen molar-refractivity contribution in [3.63, 3.8) is 0 Å². The van der Waals surface area contributed by atoms with Gasteiger partial charge in [-0.15, -0.1) is 0 Å². The van der Waals surface area contributed by atoms with E-state index in [0.717, 1.165) is 57.4 Å². The third-order valence-corrected chi connectivity index (χ3v) is 4.92. The number of benzene rings is 1. The third-order valence-electron chi connectivity index (χ3n) is 4.92. The Morgan fingerprint density at radius 1 is 1.08 bits per heavy atom. The van der Waals surface area contributed by atoms with Crippen molar-refractivity contribution in [2.45, 2.75) is 19.2 Å². The first-order valence-corrected chi connectivity index (χ1v) is 9.02. The fourth-order valence-electron chi connectivity index (χ4n) is 3.48. The number of hydrogen-bond acceptors (Lipinski definition) is 5. The van der Waals surface area contributed by atoms with Gasteiger partial charge in [-0.3, -0.25) is 14.8 Å². The van der Waals surface area contributed by atoms with E-state index in [1.165, 1.54) is 5.56 Å². The van der Waals surface area contributed by atoms with E-state index in [2.05, 4.69) is 33.0 Å². The monoisotopic (exact) mass is 339 g/mol. The van der Waals surface area contributed by atoms with E-state index in [1.807, 2.05) is 24.3 Å². The minimum Gasteiger partial charge on any atom is -0.487 e. The second kappa shape index (κ2) is 7.95. The lowest BCUT2D eigenvalue weighted by molar-refractivity contribution is -0.0344. The van der Waals surface area contributed by atoms with Crippen molar-refractivity contribution < 1.29 is 9.47 Å². The Morgan fingerprint density at radius 2 is 1.96 bits per heavy atom. The van der Waals surface area contributed by atoms with Crippen LogP contribution in [0.4, 0.5) is 0 Å². The highest BCUT2D eigenvalue weighted by molar-refractivity contribution is 5.29. The molecule has 1 aromatic heterocycles. The van der Waals surface area contributed by atoms with Crippen LogP contribution in [0.25, 0.3) is 0 Å². The lowest BCUT2D eigenvalue weighted by Gasteiger charge is -2.46. The number of pyridine rings is 1. The fraction of sp³-hybridized carbons (Fsp3) is 0.450. The summed E-state index contributed by atoms with van der Waals surface area (Å²) in [6, 6.07) is 15.0. The summed E-state index contributed by atoms with van der Waals surface area (Å²) in [5, 5.41) is 0. The predicted octanol–water partition coefficient (Wildman–Crippen LogP) is 2.18. The van der Waals surface area contributed by atoms with Crippen molar-refractivity contribution in [1.82, 2.24) is 14.8 Å². The maximum Gasteiger partial charge on any atom is 0.130 e. The third kappa shape index (κ3) is 4.37. The summed E-state index contributed by atoms with van der Waals surface area (Å²) in [6.45, 7) is 7.72. The molecular weight excluding hydrogens is 314 g/mol. The molecular formula is C20H25N3O2. The number of morpholine rings is 1. The first kappa shape index (κ1) is 16.5. The van der Waals surface area contributed by atoms with Gasteiger partial charge < -0.3 is 9.47 Å². The molecule has 0 radical (unpaired) electrons. The Kier molecular flexibility index (Phi) is 5.25. The molecule has 5 nitrogen and oxygen atoms in total. The molecule has 2 aliphatic heterocycles. The quantitative estimate of drug-likeness (QED) is 0.806. The normalized spacial score (nSPS) is 19.5. The zero-order chi connectivity index (χ0) is 16.9. The Labute approximate surface area is 149 Å². The van der Waals surface area contributed by atoms with Crippen LogP contribution in [-0.2, 0) is 17.9 Å². The van der Waals surface area contributed by atoms with Crippen LogP contribution < -0.4 is 4.74 Å². The zero-order valence-corrected chi connectivity index (χ0v) is 14.5. The topological polar surface area (TPSA) is 37.8 Å². The van der Waals surface area contributed by atoms with Crippen LogP contribution in [0.3, 0.4) is 0 Å². The van der Waals surface area contributed by atoms with Gasteiger partial charge in [0.25, 0.3) is 0 Å². The average molecular weight is 339 g/mol. The molecule has 5 heteroatoms. The van der Waals surface area contributed by atoms with E-state index < -0.39 is 0 Å². The van der Waals surface area contributed by atoms with Crippen LogP contribution in [0.2, 0.25) is 0 Å². The fourth-order valence-corrected chi connectivity index (χ4v) is 3.48. The Morgan fingerprint density at radius 3 is 2.76 bits per heavy atom. The van der Waals surface area contributed by atoms with Crippen LogP contribution >= 0.6 is 0 Å². The molecule has 0 atom stereocenters. The minimum absolute atomic E-state index is 0.507. The van der Waals surface area contributed by atoms with Crippen LogP contribution in [0.1, 0.15) is 11.3 Å². The van der Waals surface area contributed by atoms with Gasteiger partial charge in [0, 0.05) is 45.0 Å². The summed E-state index contributed by atoms with van der Waals surface area (Å²) in [5.74, 6) is 0.911. The van der Waals surface area contributed by atoms with E-state index in [-0.39, 0.29) is 0 Å². The molecule has 3 heterocycles. The first-order valence-electron chi connectivity index (χ1n) is 9.02. The summed E-state index contributed by atoms with van der Waals surface area (Å²) in [7, 11) is 0. The van der Waals surface area contributed by atoms with Crippen molar-refractivity contribution >= 4 is 0 Å². The minimum atomic E-state index is 0.507. The number of nitrogens with zero attached hydrogens (tertiary/aromatic N) is 3. The van der Waals surface area contributed by atoms with Gasteiger partial charge in [-0.2, -0.15) is 0 Å². The maximum absolute atomic E-state index is 5.88. The highest BCUT2D eigenvalue weighted by atomic mass is 16.5. The van der Waals surface area contributed by atoms with Gasteiger partial charge in [-0.05, 0) is 29.8 Å². The molecule has 0 N–H and O–H groups in total. The Bertz CT molecular complexity index is 668. The first-order chi connectivity index (χ1) is 12.4. The van der Waals surface area contributed by atoms with Gasteiger partial charge >= 0.3 is 0 Å². The van der Waals surface area contributed by atoms with Crippen molar-refractivity contribution in [1.29, 1.82) is 0 Å². The number of rotatable bonds is 6. The summed E-state index contributed by atoms with van der Waals surface area (Å²) in [4.78, 5) is 9.35. The van der Waals surface area contributed by atoms with E-state index in [9.17, 15) is 0 Å². The number of hydrogen-bond donors (Lipinski definition) is 0. The van der Waals surface area contributed by atoms with Gasteiger partial charge in [0.1, 0.15) is 12.4 Å². The average Bonchev–Trinajstić information content (AvgIpc) is 2.65. The molecule has 2 fully saturated rings. The van der Waals surface area contributed by atoms with Gasteiger partial charge in [0.2, 0.25) is 0 Å². The van der Waals surface area contributed by atoms with Crippen molar-refractivity contribution in [2.24, 2.45) is 0 Å². The number of aromatic nitrogens is 1. The smallest absolute Gasteiger partial charge is 0.130 e. The summed E-state index contributed by atoms with van der Waals surface area (Å²) >= 11 is 0. The van der Waals surface area contributed by atoms with Gasteiger partial charge in [-0.1, -0.05) is 18.2 Å². The van der Waals surface area contributed by atoms with Crippen LogP contribution in [0.15, 0.2) is 48.7 Å². The summed E-state index contributed by atoms with van der Waals surface area (Å²) in [5.41, 5.74) is 2.25. The molecule has 0 spiro atoms. The van der Waals surface area contributed by atoms with E-state index >= 15 is 0 Å². The lowest BCUT2D eigenvalue weighted by atomic mass is 10.0. The van der Waals surface area contributed by atoms with Crippen LogP contribution in [0, 0.1) is 0 Å². The van der Waals surface area contributed by atoms with E-state index in [1.54, 1.807) is 6.20 Å². The largest absolute Gasteiger partial charge is 0.487 e. The Balaban J connectivity index is 1.26. The van der Waals surface area contributed by atoms with Crippen LogP contribution in [-0.4, -0.2) is 60.2 Å². The molecule has 0 saturated carbocycles. The molecule has 2 saturated heterocycles. The molecule has 25 heavy (non-hydrogen) atoms. The zero-order valence-electron chi connectivity index (χ0n) is 14.5. The molecule has 0 amide bonds. The van der Waals surface area contributed by atoms with Crippen molar-refractivity contribution in [3.05, 3.63) is 59.9 Å². The summed E-state index contributed by atoms with van der Waals surface area (Å²) in [6.07, 6.45) is 1.80. The second-order valence-corrected chi connectivity index (χ2v) is 6.75. The van der Waals surface area contributed by atoms with E-state index in [4.69, 9.17) is 9.47 Å². The van der Waals surface area contributed by atoms with Crippen LogP contribution in [0.5, 0.6) is 5.75 Å². The number of likely N-dealkylation sites (tertiary alicyclic amines) is 1. The molecule has 132 valence electrons. The van der Waals surface area contributed by atoms with Crippen molar-refractivity contribution in [2.75, 3.05) is 39.4 Å². The predicted molar refractivity (Wildman–Crippen MR) is 96.5 cm³/mol. The van der Waals surface area contributed by atoms with Gasteiger partial charge in [-0.25, -0.2) is 0 Å². The maximum atomic E-state index is 5.88. The van der Waals surface area contributed by atoms with Gasteiger partial charge in [0.15, 0.2) is 0 Å². The molecule has 2 aromatic rings. The highest BCUT2D eigenvalue weighted by Gasteiger charge is 2.32.